The Balaban J connectivity index is 1.65. The highest BCUT2D eigenvalue weighted by Crippen LogP contribution is 2.26. The van der Waals surface area contributed by atoms with Gasteiger partial charge in [-0.15, -0.1) is 0 Å². The molecule has 0 aliphatic heterocycles. The maximum atomic E-state index is 12.5. The fourth-order valence-corrected chi connectivity index (χ4v) is 3.51. The van der Waals surface area contributed by atoms with E-state index in [4.69, 9.17) is 4.42 Å². The van der Waals surface area contributed by atoms with Crippen molar-refractivity contribution in [3.8, 4) is 0 Å². The van der Waals surface area contributed by atoms with E-state index in [-0.39, 0.29) is 5.91 Å². The van der Waals surface area contributed by atoms with E-state index in [0.717, 1.165) is 28.8 Å². The van der Waals surface area contributed by atoms with Crippen LogP contribution in [0.4, 0.5) is 5.69 Å². The number of hydrogen-bond donors (Lipinski definition) is 1. The molecule has 1 aliphatic rings. The normalized spacial score (nSPS) is 15.2. The minimum atomic E-state index is 0.00959. The van der Waals surface area contributed by atoms with Crippen molar-refractivity contribution in [2.45, 2.75) is 38.3 Å². The minimum Gasteiger partial charge on any atom is -0.468 e. The van der Waals surface area contributed by atoms with Gasteiger partial charge in [-0.1, -0.05) is 25.0 Å². The molecule has 0 saturated heterocycles. The van der Waals surface area contributed by atoms with Crippen LogP contribution in [-0.4, -0.2) is 23.4 Å². The van der Waals surface area contributed by atoms with Gasteiger partial charge in [-0.2, -0.15) is 0 Å². The first-order valence-electron chi connectivity index (χ1n) is 8.03. The summed E-state index contributed by atoms with van der Waals surface area (Å²) in [4.78, 5) is 14.7. The minimum absolute atomic E-state index is 0.00959. The zero-order valence-electron chi connectivity index (χ0n) is 13.0. The predicted octanol–water partition coefficient (Wildman–Crippen LogP) is 4.43. The molecule has 0 atom stereocenters. The average molecular weight is 377 g/mol. The molecule has 1 aromatic heterocycles. The van der Waals surface area contributed by atoms with E-state index in [1.165, 1.54) is 12.8 Å². The van der Waals surface area contributed by atoms with Gasteiger partial charge in [0.2, 0.25) is 5.91 Å². The highest BCUT2D eigenvalue weighted by molar-refractivity contribution is 9.10. The Hall–Kier alpha value is -1.59. The van der Waals surface area contributed by atoms with Gasteiger partial charge in [0.15, 0.2) is 0 Å². The smallest absolute Gasteiger partial charge is 0.238 e. The van der Waals surface area contributed by atoms with E-state index in [1.807, 2.05) is 36.4 Å². The highest BCUT2D eigenvalue weighted by atomic mass is 79.9. The first kappa shape index (κ1) is 16.3. The van der Waals surface area contributed by atoms with Crippen LogP contribution in [0.1, 0.15) is 31.4 Å². The molecule has 23 heavy (non-hydrogen) atoms. The van der Waals surface area contributed by atoms with Gasteiger partial charge in [0.1, 0.15) is 5.76 Å². The van der Waals surface area contributed by atoms with Crippen molar-refractivity contribution < 1.29 is 9.21 Å². The van der Waals surface area contributed by atoms with Crippen LogP contribution in [0.2, 0.25) is 0 Å². The molecule has 0 spiro atoms. The maximum Gasteiger partial charge on any atom is 0.238 e. The van der Waals surface area contributed by atoms with Crippen molar-refractivity contribution in [1.82, 2.24) is 4.90 Å². The largest absolute Gasteiger partial charge is 0.468 e. The zero-order valence-corrected chi connectivity index (χ0v) is 14.6. The quantitative estimate of drug-likeness (QED) is 0.810. The number of anilines is 1. The first-order valence-corrected chi connectivity index (χ1v) is 8.82. The van der Waals surface area contributed by atoms with Gasteiger partial charge in [0.05, 0.1) is 25.0 Å². The molecule has 2 aromatic rings. The monoisotopic (exact) mass is 376 g/mol. The number of nitrogens with one attached hydrogen (secondary N) is 1. The van der Waals surface area contributed by atoms with Crippen LogP contribution in [0.5, 0.6) is 0 Å². The van der Waals surface area contributed by atoms with E-state index in [2.05, 4.69) is 26.1 Å². The summed E-state index contributed by atoms with van der Waals surface area (Å²) in [7, 11) is 0. The number of para-hydroxylation sites is 1. The number of hydrogen-bond acceptors (Lipinski definition) is 3. The summed E-state index contributed by atoms with van der Waals surface area (Å²) in [5, 5.41) is 2.99. The third-order valence-corrected chi connectivity index (χ3v) is 4.97. The number of halogens is 1. The second-order valence-corrected chi connectivity index (χ2v) is 6.80. The van der Waals surface area contributed by atoms with Crippen LogP contribution < -0.4 is 5.32 Å². The molecule has 3 rings (SSSR count). The van der Waals surface area contributed by atoms with Crippen molar-refractivity contribution >= 4 is 27.5 Å². The van der Waals surface area contributed by atoms with E-state index < -0.39 is 0 Å². The summed E-state index contributed by atoms with van der Waals surface area (Å²) in [5.74, 6) is 0.918. The number of benzene rings is 1. The average Bonchev–Trinajstić information content (AvgIpc) is 3.22. The van der Waals surface area contributed by atoms with Crippen LogP contribution >= 0.6 is 15.9 Å². The van der Waals surface area contributed by atoms with Gasteiger partial charge in [0.25, 0.3) is 0 Å². The Labute approximate surface area is 145 Å². The second-order valence-electron chi connectivity index (χ2n) is 5.95. The van der Waals surface area contributed by atoms with Crippen LogP contribution in [0.25, 0.3) is 0 Å². The number of carbonyl (C=O) groups excluding carboxylic acids is 1. The van der Waals surface area contributed by atoms with E-state index in [1.54, 1.807) is 6.26 Å². The fraction of sp³-hybridized carbons (Fsp3) is 0.389. The summed E-state index contributed by atoms with van der Waals surface area (Å²) in [5.41, 5.74) is 0.807. The van der Waals surface area contributed by atoms with Crippen molar-refractivity contribution in [2.24, 2.45) is 0 Å². The number of nitrogens with zero attached hydrogens (tertiary/aromatic N) is 1. The molecule has 5 heteroatoms. The Morgan fingerprint density at radius 1 is 1.22 bits per heavy atom. The molecule has 1 amide bonds. The van der Waals surface area contributed by atoms with Crippen LogP contribution in [0.3, 0.4) is 0 Å². The van der Waals surface area contributed by atoms with E-state index >= 15 is 0 Å². The van der Waals surface area contributed by atoms with Crippen molar-refractivity contribution in [1.29, 1.82) is 0 Å². The molecular formula is C18H21BrN2O2. The van der Waals surface area contributed by atoms with Crippen LogP contribution in [0, 0.1) is 0 Å². The molecule has 1 fully saturated rings. The Morgan fingerprint density at radius 2 is 2.00 bits per heavy atom. The summed E-state index contributed by atoms with van der Waals surface area (Å²) < 4.78 is 6.36. The summed E-state index contributed by atoms with van der Waals surface area (Å²) in [6.45, 7) is 1.06. The fourth-order valence-electron chi connectivity index (χ4n) is 3.12. The Kier molecular flexibility index (Phi) is 5.51. The molecule has 1 aliphatic carbocycles. The summed E-state index contributed by atoms with van der Waals surface area (Å²) >= 11 is 3.46. The van der Waals surface area contributed by atoms with Gasteiger partial charge in [-0.25, -0.2) is 0 Å². The van der Waals surface area contributed by atoms with Crippen molar-refractivity contribution in [3.63, 3.8) is 0 Å². The highest BCUT2D eigenvalue weighted by Gasteiger charge is 2.25. The molecule has 1 N–H and O–H groups in total. The molecule has 1 heterocycles. The van der Waals surface area contributed by atoms with Gasteiger partial charge >= 0.3 is 0 Å². The predicted molar refractivity (Wildman–Crippen MR) is 94.1 cm³/mol. The lowest BCUT2D eigenvalue weighted by Crippen LogP contribution is -2.39. The second kappa shape index (κ2) is 7.79. The first-order chi connectivity index (χ1) is 11.2. The van der Waals surface area contributed by atoms with Gasteiger partial charge in [0, 0.05) is 10.5 Å². The molecule has 0 unspecified atom stereocenters. The van der Waals surface area contributed by atoms with Crippen LogP contribution in [-0.2, 0) is 11.3 Å². The van der Waals surface area contributed by atoms with Gasteiger partial charge in [-0.3, -0.25) is 9.69 Å². The van der Waals surface area contributed by atoms with E-state index in [9.17, 15) is 4.79 Å². The van der Waals surface area contributed by atoms with Crippen molar-refractivity contribution in [3.05, 3.63) is 52.9 Å². The number of carbonyl (C=O) groups is 1. The van der Waals surface area contributed by atoms with Gasteiger partial charge in [-0.05, 0) is 53.0 Å². The van der Waals surface area contributed by atoms with Gasteiger partial charge < -0.3 is 9.73 Å². The number of furan rings is 1. The zero-order chi connectivity index (χ0) is 16.1. The molecule has 0 radical (unpaired) electrons. The standard InChI is InChI=1S/C18H21BrN2O2/c19-16-9-3-4-10-17(16)20-18(22)13-21(14-6-1-2-7-14)12-15-8-5-11-23-15/h3-5,8-11,14H,1-2,6-7,12-13H2,(H,20,22). The molecule has 122 valence electrons. The summed E-state index contributed by atoms with van der Waals surface area (Å²) in [6, 6.07) is 12.0. The number of amides is 1. The maximum absolute atomic E-state index is 12.5. The third-order valence-electron chi connectivity index (χ3n) is 4.27. The Bertz CT molecular complexity index is 636. The lowest BCUT2D eigenvalue weighted by atomic mass is 10.2. The van der Waals surface area contributed by atoms with E-state index in [0.29, 0.717) is 19.1 Å². The van der Waals surface area contributed by atoms with Crippen LogP contribution in [0.15, 0.2) is 51.6 Å². The number of rotatable bonds is 6. The lowest BCUT2D eigenvalue weighted by Gasteiger charge is -2.27. The Morgan fingerprint density at radius 3 is 2.70 bits per heavy atom. The molecule has 1 aromatic carbocycles. The summed E-state index contributed by atoms with van der Waals surface area (Å²) in [6.07, 6.45) is 6.48. The van der Waals surface area contributed by atoms with Crippen molar-refractivity contribution in [2.75, 3.05) is 11.9 Å². The molecule has 4 nitrogen and oxygen atoms in total. The molecule has 0 bridgehead atoms. The SMILES string of the molecule is O=C(CN(Cc1ccco1)C1CCCC1)Nc1ccccc1Br. The topological polar surface area (TPSA) is 45.5 Å². The third kappa shape index (κ3) is 4.45. The lowest BCUT2D eigenvalue weighted by molar-refractivity contribution is -0.118. The molecular weight excluding hydrogens is 356 g/mol. The molecule has 1 saturated carbocycles.